The maximum atomic E-state index is 5.53. The van der Waals surface area contributed by atoms with Gasteiger partial charge in [0.1, 0.15) is 5.75 Å². The highest BCUT2D eigenvalue weighted by Crippen LogP contribution is 2.20. The smallest absolute Gasteiger partial charge is 0.121 e. The van der Waals surface area contributed by atoms with Crippen molar-refractivity contribution in [2.75, 3.05) is 18.5 Å². The Hall–Kier alpha value is -2.48. The zero-order chi connectivity index (χ0) is 15.2. The van der Waals surface area contributed by atoms with Crippen LogP contribution >= 0.6 is 0 Å². The number of rotatable bonds is 6. The maximum absolute atomic E-state index is 5.53. The van der Waals surface area contributed by atoms with Crippen LogP contribution < -0.4 is 10.1 Å². The molecule has 0 aliphatic rings. The van der Waals surface area contributed by atoms with Crippen molar-refractivity contribution in [3.8, 4) is 5.75 Å². The SMILES string of the molecule is CCOc1cccc(NCCc2cccc3ccccc23)c1. The summed E-state index contributed by atoms with van der Waals surface area (Å²) < 4.78 is 5.53. The van der Waals surface area contributed by atoms with Gasteiger partial charge < -0.3 is 10.1 Å². The molecule has 22 heavy (non-hydrogen) atoms. The van der Waals surface area contributed by atoms with Crippen LogP contribution in [-0.2, 0) is 6.42 Å². The first-order valence-electron chi connectivity index (χ1n) is 7.80. The van der Waals surface area contributed by atoms with E-state index in [0.29, 0.717) is 6.61 Å². The van der Waals surface area contributed by atoms with Gasteiger partial charge in [-0.15, -0.1) is 0 Å². The third-order valence-electron chi connectivity index (χ3n) is 3.75. The van der Waals surface area contributed by atoms with Crippen molar-refractivity contribution in [1.29, 1.82) is 0 Å². The van der Waals surface area contributed by atoms with E-state index >= 15 is 0 Å². The minimum absolute atomic E-state index is 0.694. The van der Waals surface area contributed by atoms with E-state index in [4.69, 9.17) is 4.74 Å². The normalized spacial score (nSPS) is 10.6. The second-order valence-electron chi connectivity index (χ2n) is 5.28. The summed E-state index contributed by atoms with van der Waals surface area (Å²) in [6.45, 7) is 3.60. The van der Waals surface area contributed by atoms with Crippen LogP contribution in [0.2, 0.25) is 0 Å². The van der Waals surface area contributed by atoms with E-state index in [1.807, 2.05) is 25.1 Å². The van der Waals surface area contributed by atoms with Gasteiger partial charge in [0.2, 0.25) is 0 Å². The summed E-state index contributed by atoms with van der Waals surface area (Å²) in [6.07, 6.45) is 1.00. The fourth-order valence-corrected chi connectivity index (χ4v) is 2.71. The van der Waals surface area contributed by atoms with Crippen molar-refractivity contribution < 1.29 is 4.74 Å². The Labute approximate surface area is 131 Å². The average molecular weight is 291 g/mol. The molecule has 0 atom stereocenters. The molecule has 0 amide bonds. The molecule has 112 valence electrons. The molecule has 0 bridgehead atoms. The lowest BCUT2D eigenvalue weighted by Gasteiger charge is -2.10. The number of anilines is 1. The Balaban J connectivity index is 1.66. The third-order valence-corrected chi connectivity index (χ3v) is 3.75. The van der Waals surface area contributed by atoms with Gasteiger partial charge in [0.15, 0.2) is 0 Å². The minimum Gasteiger partial charge on any atom is -0.494 e. The molecule has 0 aromatic heterocycles. The summed E-state index contributed by atoms with van der Waals surface area (Å²) in [7, 11) is 0. The molecular formula is C20H21NO. The van der Waals surface area contributed by atoms with Gasteiger partial charge in [-0.1, -0.05) is 48.5 Å². The first-order chi connectivity index (χ1) is 10.9. The predicted octanol–water partition coefficient (Wildman–Crippen LogP) is 4.89. The highest BCUT2D eigenvalue weighted by molar-refractivity contribution is 5.85. The second kappa shape index (κ2) is 6.99. The van der Waals surface area contributed by atoms with Gasteiger partial charge in [0.25, 0.3) is 0 Å². The maximum Gasteiger partial charge on any atom is 0.121 e. The van der Waals surface area contributed by atoms with Crippen molar-refractivity contribution in [2.24, 2.45) is 0 Å². The average Bonchev–Trinajstić information content (AvgIpc) is 2.56. The van der Waals surface area contributed by atoms with E-state index in [2.05, 4.69) is 53.8 Å². The van der Waals surface area contributed by atoms with Gasteiger partial charge >= 0.3 is 0 Å². The molecule has 0 saturated heterocycles. The Morgan fingerprint density at radius 1 is 0.909 bits per heavy atom. The number of ether oxygens (including phenoxy) is 1. The van der Waals surface area contributed by atoms with Crippen LogP contribution in [0.15, 0.2) is 66.7 Å². The van der Waals surface area contributed by atoms with Crippen LogP contribution in [-0.4, -0.2) is 13.2 Å². The summed E-state index contributed by atoms with van der Waals surface area (Å²) in [5, 5.41) is 6.12. The van der Waals surface area contributed by atoms with Gasteiger partial charge in [-0.2, -0.15) is 0 Å². The van der Waals surface area contributed by atoms with E-state index in [1.54, 1.807) is 0 Å². The summed E-state index contributed by atoms with van der Waals surface area (Å²) in [5.74, 6) is 0.915. The molecular weight excluding hydrogens is 270 g/mol. The van der Waals surface area contributed by atoms with Crippen molar-refractivity contribution in [3.05, 3.63) is 72.3 Å². The largest absolute Gasteiger partial charge is 0.494 e. The van der Waals surface area contributed by atoms with Gasteiger partial charge in [-0.25, -0.2) is 0 Å². The summed E-state index contributed by atoms with van der Waals surface area (Å²) >= 11 is 0. The van der Waals surface area contributed by atoms with E-state index < -0.39 is 0 Å². The van der Waals surface area contributed by atoms with Crippen LogP contribution in [0.1, 0.15) is 12.5 Å². The Morgan fingerprint density at radius 2 is 1.73 bits per heavy atom. The summed E-state index contributed by atoms with van der Waals surface area (Å²) in [5.41, 5.74) is 2.48. The highest BCUT2D eigenvalue weighted by atomic mass is 16.5. The highest BCUT2D eigenvalue weighted by Gasteiger charge is 2.01. The van der Waals surface area contributed by atoms with E-state index in [0.717, 1.165) is 24.4 Å². The summed E-state index contributed by atoms with van der Waals surface area (Å²) in [4.78, 5) is 0. The number of benzene rings is 3. The first kappa shape index (κ1) is 14.5. The van der Waals surface area contributed by atoms with Crippen LogP contribution in [0.4, 0.5) is 5.69 Å². The topological polar surface area (TPSA) is 21.3 Å². The van der Waals surface area contributed by atoms with Gasteiger partial charge in [0, 0.05) is 18.3 Å². The van der Waals surface area contributed by atoms with Crippen molar-refractivity contribution in [1.82, 2.24) is 0 Å². The van der Waals surface area contributed by atoms with Crippen LogP contribution in [0.25, 0.3) is 10.8 Å². The van der Waals surface area contributed by atoms with Gasteiger partial charge in [-0.3, -0.25) is 0 Å². The molecule has 0 saturated carbocycles. The lowest BCUT2D eigenvalue weighted by atomic mass is 10.0. The van der Waals surface area contributed by atoms with Crippen molar-refractivity contribution >= 4 is 16.5 Å². The van der Waals surface area contributed by atoms with Crippen LogP contribution in [0.3, 0.4) is 0 Å². The fraction of sp³-hybridized carbons (Fsp3) is 0.200. The molecule has 1 N–H and O–H groups in total. The Kier molecular flexibility index (Phi) is 4.59. The van der Waals surface area contributed by atoms with E-state index in [1.165, 1.54) is 16.3 Å². The molecule has 3 rings (SSSR count). The molecule has 0 radical (unpaired) electrons. The lowest BCUT2D eigenvalue weighted by Crippen LogP contribution is -2.05. The summed E-state index contributed by atoms with van der Waals surface area (Å²) in [6, 6.07) is 23.2. The van der Waals surface area contributed by atoms with Gasteiger partial charge in [0.05, 0.1) is 6.61 Å². The number of nitrogens with one attached hydrogen (secondary N) is 1. The molecule has 3 aromatic carbocycles. The van der Waals surface area contributed by atoms with Crippen LogP contribution in [0.5, 0.6) is 5.75 Å². The fourth-order valence-electron chi connectivity index (χ4n) is 2.71. The molecule has 0 spiro atoms. The standard InChI is InChI=1S/C20H21NO/c1-2-22-19-11-6-10-18(15-19)21-14-13-17-9-5-8-16-7-3-4-12-20(16)17/h3-12,15,21H,2,13-14H2,1H3. The molecule has 0 heterocycles. The van der Waals surface area contributed by atoms with E-state index in [-0.39, 0.29) is 0 Å². The molecule has 2 heteroatoms. The van der Waals surface area contributed by atoms with Crippen LogP contribution in [0, 0.1) is 0 Å². The van der Waals surface area contributed by atoms with Crippen molar-refractivity contribution in [2.45, 2.75) is 13.3 Å². The molecule has 0 fully saturated rings. The molecule has 0 aliphatic carbocycles. The molecule has 3 aromatic rings. The monoisotopic (exact) mass is 291 g/mol. The number of hydrogen-bond acceptors (Lipinski definition) is 2. The second-order valence-corrected chi connectivity index (χ2v) is 5.28. The molecule has 0 unspecified atom stereocenters. The quantitative estimate of drug-likeness (QED) is 0.698. The van der Waals surface area contributed by atoms with Crippen molar-refractivity contribution in [3.63, 3.8) is 0 Å². The van der Waals surface area contributed by atoms with E-state index in [9.17, 15) is 0 Å². The Bertz CT molecular complexity index is 746. The minimum atomic E-state index is 0.694. The van der Waals surface area contributed by atoms with Gasteiger partial charge in [-0.05, 0) is 41.8 Å². The zero-order valence-corrected chi connectivity index (χ0v) is 12.9. The zero-order valence-electron chi connectivity index (χ0n) is 12.9. The third kappa shape index (κ3) is 3.40. The molecule has 2 nitrogen and oxygen atoms in total. The Morgan fingerprint density at radius 3 is 2.64 bits per heavy atom. The number of hydrogen-bond donors (Lipinski definition) is 1. The lowest BCUT2D eigenvalue weighted by molar-refractivity contribution is 0.340. The first-order valence-corrected chi connectivity index (χ1v) is 7.80. The number of fused-ring (bicyclic) bond motifs is 1. The molecule has 0 aliphatic heterocycles. The predicted molar refractivity (Wildman–Crippen MR) is 93.8 cm³/mol.